The number of benzene rings is 1. The predicted molar refractivity (Wildman–Crippen MR) is 135 cm³/mol. The lowest BCUT2D eigenvalue weighted by atomic mass is 9.94. The molecule has 1 unspecified atom stereocenters. The Bertz CT molecular complexity index is 1300. The number of ether oxygens (including phenoxy) is 2. The van der Waals surface area contributed by atoms with Crippen molar-refractivity contribution in [1.29, 1.82) is 0 Å². The highest BCUT2D eigenvalue weighted by molar-refractivity contribution is 7.52. The van der Waals surface area contributed by atoms with Crippen LogP contribution >= 0.6 is 7.75 Å². The van der Waals surface area contributed by atoms with Crippen LogP contribution < -0.4 is 15.3 Å². The molecular formula is C24H31N4O8P. The van der Waals surface area contributed by atoms with E-state index in [-0.39, 0.29) is 5.75 Å². The highest BCUT2D eigenvalue weighted by atomic mass is 31.2. The Morgan fingerprint density at radius 2 is 1.97 bits per heavy atom. The van der Waals surface area contributed by atoms with Gasteiger partial charge in [-0.25, -0.2) is 9.55 Å². The van der Waals surface area contributed by atoms with Crippen LogP contribution in [0.25, 0.3) is 11.0 Å². The maximum absolute atomic E-state index is 13.8. The van der Waals surface area contributed by atoms with Gasteiger partial charge >= 0.3 is 13.7 Å². The van der Waals surface area contributed by atoms with Crippen LogP contribution in [0.5, 0.6) is 5.75 Å². The third-order valence-corrected chi connectivity index (χ3v) is 8.01. The van der Waals surface area contributed by atoms with Gasteiger partial charge in [-0.1, -0.05) is 18.2 Å². The zero-order valence-electron chi connectivity index (χ0n) is 20.8. The van der Waals surface area contributed by atoms with Crippen molar-refractivity contribution in [1.82, 2.24) is 14.6 Å². The molecular weight excluding hydrogens is 503 g/mol. The van der Waals surface area contributed by atoms with E-state index in [1.807, 2.05) is 0 Å². The molecule has 0 aliphatic carbocycles. The van der Waals surface area contributed by atoms with Gasteiger partial charge in [-0.05, 0) is 45.0 Å². The summed E-state index contributed by atoms with van der Waals surface area (Å²) in [5, 5.41) is 25.5. The molecule has 0 radical (unpaired) electrons. The molecule has 3 aromatic rings. The minimum Gasteiger partial charge on any atom is -0.468 e. The van der Waals surface area contributed by atoms with Gasteiger partial charge in [0, 0.05) is 23.5 Å². The maximum atomic E-state index is 13.8. The topological polar surface area (TPSA) is 167 Å². The molecule has 1 aromatic carbocycles. The van der Waals surface area contributed by atoms with E-state index < -0.39 is 49.9 Å². The number of aliphatic hydroxyl groups is 2. The Hall–Kier alpha value is -2.99. The van der Waals surface area contributed by atoms with E-state index in [2.05, 4.69) is 10.1 Å². The molecule has 2 aromatic heterocycles. The minimum absolute atomic E-state index is 0.225. The Balaban J connectivity index is 1.60. The summed E-state index contributed by atoms with van der Waals surface area (Å²) in [5.74, 6) is -0.456. The summed E-state index contributed by atoms with van der Waals surface area (Å²) in [4.78, 5) is 16.3. The smallest absolute Gasteiger partial charge is 0.459 e. The predicted octanol–water partition coefficient (Wildman–Crippen LogP) is 2.37. The number of hydrogen-bond donors (Lipinski definition) is 4. The van der Waals surface area contributed by atoms with Crippen LogP contribution in [0.1, 0.15) is 27.0 Å². The second-order valence-corrected chi connectivity index (χ2v) is 10.7. The number of carbonyl (C=O) groups is 1. The monoisotopic (exact) mass is 534 g/mol. The highest BCUT2D eigenvalue weighted by Gasteiger charge is 2.56. The molecule has 1 fully saturated rings. The van der Waals surface area contributed by atoms with Gasteiger partial charge < -0.3 is 34.5 Å². The van der Waals surface area contributed by atoms with Gasteiger partial charge in [-0.15, -0.1) is 0 Å². The Morgan fingerprint density at radius 1 is 1.27 bits per heavy atom. The fraction of sp³-hybridized carbons (Fsp3) is 0.417. The largest absolute Gasteiger partial charge is 0.468 e. The van der Waals surface area contributed by atoms with Crippen LogP contribution in [-0.2, 0) is 23.4 Å². The molecule has 12 nitrogen and oxygen atoms in total. The number of nitrogens with zero attached hydrogens (tertiary/aromatic N) is 2. The van der Waals surface area contributed by atoms with Gasteiger partial charge in [0.15, 0.2) is 6.23 Å². The zero-order chi connectivity index (χ0) is 27.0. The van der Waals surface area contributed by atoms with Crippen molar-refractivity contribution < 1.29 is 38.1 Å². The number of aromatic nitrogens is 2. The second kappa shape index (κ2) is 10.4. The summed E-state index contributed by atoms with van der Waals surface area (Å²) in [7, 11) is -3.03. The van der Waals surface area contributed by atoms with Gasteiger partial charge in [0.2, 0.25) is 0 Å². The van der Waals surface area contributed by atoms with E-state index in [1.54, 1.807) is 53.2 Å². The normalized spacial score (nSPS) is 26.9. The van der Waals surface area contributed by atoms with Crippen LogP contribution in [0.3, 0.4) is 0 Å². The van der Waals surface area contributed by atoms with Gasteiger partial charge in [-0.3, -0.25) is 9.32 Å². The Labute approximate surface area is 213 Å². The molecule has 1 saturated heterocycles. The van der Waals surface area contributed by atoms with Gasteiger partial charge in [0.05, 0.1) is 13.2 Å². The molecule has 0 saturated carbocycles. The first-order valence-electron chi connectivity index (χ1n) is 11.6. The molecule has 3 heterocycles. The van der Waals surface area contributed by atoms with E-state index in [0.29, 0.717) is 16.7 Å². The number of nitrogens with one attached hydrogen (secondary N) is 1. The first kappa shape index (κ1) is 27.1. The third-order valence-electron chi connectivity index (χ3n) is 6.24. The third kappa shape index (κ3) is 5.35. The molecule has 13 heteroatoms. The molecule has 5 N–H and O–H groups in total. The fourth-order valence-electron chi connectivity index (χ4n) is 4.27. The van der Waals surface area contributed by atoms with Crippen molar-refractivity contribution in [3.05, 3.63) is 54.9 Å². The molecule has 1 aliphatic heterocycles. The molecule has 200 valence electrons. The number of esters is 1. The van der Waals surface area contributed by atoms with E-state index >= 15 is 0 Å². The van der Waals surface area contributed by atoms with E-state index in [9.17, 15) is 19.6 Å². The van der Waals surface area contributed by atoms with Crippen molar-refractivity contribution in [3.63, 3.8) is 0 Å². The Morgan fingerprint density at radius 3 is 2.65 bits per heavy atom. The van der Waals surface area contributed by atoms with Crippen molar-refractivity contribution in [2.45, 2.75) is 57.0 Å². The summed E-state index contributed by atoms with van der Waals surface area (Å²) in [6.07, 6.45) is -1.55. The lowest BCUT2D eigenvalue weighted by Gasteiger charge is -2.29. The minimum atomic E-state index is -4.23. The van der Waals surface area contributed by atoms with E-state index in [1.165, 1.54) is 34.1 Å². The average Bonchev–Trinajstić information content (AvgIpc) is 3.38. The highest BCUT2D eigenvalue weighted by Crippen LogP contribution is 2.49. The quantitative estimate of drug-likeness (QED) is 0.235. The number of aliphatic hydroxyl groups excluding tert-OH is 1. The number of anilines is 1. The van der Waals surface area contributed by atoms with Crippen LogP contribution in [0.2, 0.25) is 0 Å². The molecule has 4 rings (SSSR count). The average molecular weight is 535 g/mol. The van der Waals surface area contributed by atoms with Crippen LogP contribution in [0, 0.1) is 0 Å². The number of rotatable bonds is 9. The number of para-hydroxylation sites is 1. The summed E-state index contributed by atoms with van der Waals surface area (Å²) in [6, 6.07) is 10.6. The number of hydrogen-bond acceptors (Lipinski definition) is 10. The number of nitrogen functional groups attached to an aromatic ring is 1. The van der Waals surface area contributed by atoms with Gasteiger partial charge in [-0.2, -0.15) is 5.09 Å². The van der Waals surface area contributed by atoms with Crippen LogP contribution in [0.15, 0.2) is 54.9 Å². The van der Waals surface area contributed by atoms with Crippen molar-refractivity contribution >= 4 is 30.4 Å². The second-order valence-electron chi connectivity index (χ2n) is 9.07. The molecule has 1 aliphatic rings. The van der Waals surface area contributed by atoms with Crippen molar-refractivity contribution in [2.24, 2.45) is 0 Å². The molecule has 7 atom stereocenters. The van der Waals surface area contributed by atoms with Gasteiger partial charge in [0.1, 0.15) is 35.2 Å². The number of pyridine rings is 1. The standard InChI is InChI=1S/C24H31N4O8P/c1-14(22(30)33-4)27-37(32,36-16-8-6-5-7-9-16)35-15(2)19-20(29)24(3,31)23(34-19)28-13-11-17-18(25)10-12-26-21(17)28/h5-15,19-20,23,29,31H,1-4H3,(H2,25,26)(H,27,32)/t14-,15+,19+,20+,23+,24+,37?/m0/s1. The van der Waals surface area contributed by atoms with E-state index in [0.717, 1.165) is 0 Å². The number of fused-ring (bicyclic) bond motifs is 1. The summed E-state index contributed by atoms with van der Waals surface area (Å²) in [6.45, 7) is 4.38. The molecule has 37 heavy (non-hydrogen) atoms. The summed E-state index contributed by atoms with van der Waals surface area (Å²) >= 11 is 0. The number of methoxy groups -OCH3 is 1. The summed E-state index contributed by atoms with van der Waals surface area (Å²) < 4.78 is 37.6. The Kier molecular flexibility index (Phi) is 7.61. The van der Waals surface area contributed by atoms with Crippen molar-refractivity contribution in [3.8, 4) is 5.75 Å². The summed E-state index contributed by atoms with van der Waals surface area (Å²) in [5.41, 5.74) is 5.21. The number of carbonyl (C=O) groups excluding carboxylic acids is 1. The lowest BCUT2D eigenvalue weighted by Crippen LogP contribution is -2.46. The fourth-order valence-corrected chi connectivity index (χ4v) is 5.96. The van der Waals surface area contributed by atoms with E-state index in [4.69, 9.17) is 24.3 Å². The van der Waals surface area contributed by atoms with Crippen LogP contribution in [0.4, 0.5) is 5.69 Å². The van der Waals surface area contributed by atoms with Gasteiger partial charge in [0.25, 0.3) is 0 Å². The lowest BCUT2D eigenvalue weighted by molar-refractivity contribution is -0.142. The first-order valence-corrected chi connectivity index (χ1v) is 13.2. The van der Waals surface area contributed by atoms with Crippen molar-refractivity contribution in [2.75, 3.05) is 12.8 Å². The first-order chi connectivity index (χ1) is 17.5. The maximum Gasteiger partial charge on any atom is 0.459 e. The molecule has 0 bridgehead atoms. The SMILES string of the molecule is COC(=O)[C@H](C)NP(=O)(Oc1ccccc1)O[C@H](C)[C@H]1O[C@@H](n2ccc3c(N)ccnc32)[C@](C)(O)[C@@H]1O. The molecule has 0 amide bonds. The van der Waals surface area contributed by atoms with Crippen LogP contribution in [-0.4, -0.2) is 62.8 Å². The number of nitrogens with two attached hydrogens (primary N) is 1. The zero-order valence-corrected chi connectivity index (χ0v) is 21.7. The molecule has 0 spiro atoms.